The SMILES string of the molecule is CC(C)CC(C(=O)[O-])C(=O)CC(=O)[O-]. The summed E-state index contributed by atoms with van der Waals surface area (Å²) < 4.78 is 0. The van der Waals surface area contributed by atoms with Crippen molar-refractivity contribution in [2.45, 2.75) is 26.7 Å². The van der Waals surface area contributed by atoms with E-state index in [4.69, 9.17) is 0 Å². The smallest absolute Gasteiger partial charge is 0.147 e. The maximum atomic E-state index is 11.1. The lowest BCUT2D eigenvalue weighted by atomic mass is 9.92. The van der Waals surface area contributed by atoms with E-state index >= 15 is 0 Å². The Morgan fingerprint density at radius 1 is 1.14 bits per heavy atom. The molecule has 0 aliphatic carbocycles. The molecule has 14 heavy (non-hydrogen) atoms. The van der Waals surface area contributed by atoms with Gasteiger partial charge < -0.3 is 19.8 Å². The van der Waals surface area contributed by atoms with Gasteiger partial charge in [-0.05, 0) is 12.3 Å². The van der Waals surface area contributed by atoms with Gasteiger partial charge in [0.25, 0.3) is 0 Å². The summed E-state index contributed by atoms with van der Waals surface area (Å²) in [6, 6.07) is 0. The monoisotopic (exact) mass is 200 g/mol. The minimum absolute atomic E-state index is 0.0106. The highest BCUT2D eigenvalue weighted by Gasteiger charge is 2.20. The lowest BCUT2D eigenvalue weighted by molar-refractivity contribution is -0.310. The lowest BCUT2D eigenvalue weighted by Crippen LogP contribution is -2.39. The molecule has 1 unspecified atom stereocenters. The van der Waals surface area contributed by atoms with Crippen molar-refractivity contribution in [3.05, 3.63) is 0 Å². The summed E-state index contributed by atoms with van der Waals surface area (Å²) in [5.41, 5.74) is 0. The standard InChI is InChI=1S/C9H14O5/c1-5(2)3-6(9(13)14)7(10)4-8(11)12/h5-6H,3-4H2,1-2H3,(H,11,12)(H,13,14)/p-2. The van der Waals surface area contributed by atoms with Crippen molar-refractivity contribution in [1.82, 2.24) is 0 Å². The quantitative estimate of drug-likeness (QED) is 0.467. The van der Waals surface area contributed by atoms with Gasteiger partial charge in [0.15, 0.2) is 0 Å². The van der Waals surface area contributed by atoms with Crippen molar-refractivity contribution in [1.29, 1.82) is 0 Å². The third-order valence-corrected chi connectivity index (χ3v) is 1.70. The fourth-order valence-electron chi connectivity index (χ4n) is 1.10. The Bertz CT molecular complexity index is 244. The van der Waals surface area contributed by atoms with Gasteiger partial charge in [-0.1, -0.05) is 13.8 Å². The molecule has 0 aromatic heterocycles. The number of carboxylic acids is 2. The molecule has 5 nitrogen and oxygen atoms in total. The van der Waals surface area contributed by atoms with E-state index in [2.05, 4.69) is 0 Å². The second-order valence-electron chi connectivity index (χ2n) is 3.52. The van der Waals surface area contributed by atoms with E-state index in [-0.39, 0.29) is 12.3 Å². The molecule has 0 aliphatic rings. The Balaban J connectivity index is 4.41. The molecule has 0 heterocycles. The highest BCUT2D eigenvalue weighted by Crippen LogP contribution is 2.13. The molecule has 0 amide bonds. The van der Waals surface area contributed by atoms with Crippen LogP contribution in [-0.4, -0.2) is 17.7 Å². The second-order valence-corrected chi connectivity index (χ2v) is 3.52. The van der Waals surface area contributed by atoms with E-state index in [0.717, 1.165) is 0 Å². The number of Topliss-reactive ketones (excluding diaryl/α,β-unsaturated/α-hetero) is 1. The highest BCUT2D eigenvalue weighted by atomic mass is 16.4. The van der Waals surface area contributed by atoms with Crippen LogP contribution in [0.25, 0.3) is 0 Å². The molecule has 0 N–H and O–H groups in total. The van der Waals surface area contributed by atoms with E-state index < -0.39 is 30.1 Å². The van der Waals surface area contributed by atoms with Crippen LogP contribution in [-0.2, 0) is 14.4 Å². The normalized spacial score (nSPS) is 12.5. The first-order chi connectivity index (χ1) is 6.34. The zero-order chi connectivity index (χ0) is 11.3. The predicted molar refractivity (Wildman–Crippen MR) is 42.6 cm³/mol. The number of carboxylic acid groups (broad SMARTS) is 2. The molecule has 0 saturated heterocycles. The average Bonchev–Trinajstić information content (AvgIpc) is 1.97. The number of carbonyl (C=O) groups excluding carboxylic acids is 3. The molecule has 0 radical (unpaired) electrons. The van der Waals surface area contributed by atoms with Gasteiger partial charge in [0.2, 0.25) is 0 Å². The van der Waals surface area contributed by atoms with Gasteiger partial charge in [-0.15, -0.1) is 0 Å². The topological polar surface area (TPSA) is 97.3 Å². The summed E-state index contributed by atoms with van der Waals surface area (Å²) in [6.07, 6.45) is -0.778. The summed E-state index contributed by atoms with van der Waals surface area (Å²) in [5, 5.41) is 20.6. The Kier molecular flexibility index (Phi) is 4.83. The largest absolute Gasteiger partial charge is 0.550 e. The van der Waals surface area contributed by atoms with Crippen LogP contribution in [0.4, 0.5) is 0 Å². The predicted octanol–water partition coefficient (Wildman–Crippen LogP) is -1.89. The summed E-state index contributed by atoms with van der Waals surface area (Å²) in [5.74, 6) is -5.30. The summed E-state index contributed by atoms with van der Waals surface area (Å²) in [7, 11) is 0. The van der Waals surface area contributed by atoms with Crippen LogP contribution in [0.2, 0.25) is 0 Å². The minimum Gasteiger partial charge on any atom is -0.550 e. The minimum atomic E-state index is -1.56. The molecule has 5 heteroatoms. The number of ketones is 1. The first-order valence-corrected chi connectivity index (χ1v) is 4.28. The van der Waals surface area contributed by atoms with Crippen LogP contribution < -0.4 is 10.2 Å². The molecule has 0 saturated carbocycles. The van der Waals surface area contributed by atoms with Crippen molar-refractivity contribution < 1.29 is 24.6 Å². The molecular weight excluding hydrogens is 188 g/mol. The van der Waals surface area contributed by atoms with Gasteiger partial charge in [-0.3, -0.25) is 4.79 Å². The van der Waals surface area contributed by atoms with Crippen LogP contribution in [0.5, 0.6) is 0 Å². The van der Waals surface area contributed by atoms with Gasteiger partial charge in [0.1, 0.15) is 5.78 Å². The molecule has 0 fully saturated rings. The van der Waals surface area contributed by atoms with Gasteiger partial charge in [-0.25, -0.2) is 0 Å². The van der Waals surface area contributed by atoms with Gasteiger partial charge >= 0.3 is 0 Å². The number of hydrogen-bond donors (Lipinski definition) is 0. The van der Waals surface area contributed by atoms with E-state index in [9.17, 15) is 24.6 Å². The zero-order valence-electron chi connectivity index (χ0n) is 8.11. The van der Waals surface area contributed by atoms with E-state index in [0.29, 0.717) is 0 Å². The van der Waals surface area contributed by atoms with E-state index in [1.165, 1.54) is 0 Å². The maximum Gasteiger partial charge on any atom is 0.147 e. The van der Waals surface area contributed by atoms with Crippen molar-refractivity contribution in [3.8, 4) is 0 Å². The van der Waals surface area contributed by atoms with Crippen molar-refractivity contribution in [3.63, 3.8) is 0 Å². The summed E-state index contributed by atoms with van der Waals surface area (Å²) in [6.45, 7) is 3.48. The Hall–Kier alpha value is -1.39. The molecule has 0 aliphatic heterocycles. The fraction of sp³-hybridized carbons (Fsp3) is 0.667. The fourth-order valence-corrected chi connectivity index (χ4v) is 1.10. The molecule has 0 aromatic rings. The summed E-state index contributed by atoms with van der Waals surface area (Å²) >= 11 is 0. The highest BCUT2D eigenvalue weighted by molar-refractivity contribution is 6.04. The van der Waals surface area contributed by atoms with Crippen LogP contribution in [0, 0.1) is 11.8 Å². The number of carbonyl (C=O) groups is 3. The van der Waals surface area contributed by atoms with E-state index in [1.807, 2.05) is 0 Å². The Morgan fingerprint density at radius 3 is 1.93 bits per heavy atom. The van der Waals surface area contributed by atoms with Crippen molar-refractivity contribution in [2.24, 2.45) is 11.8 Å². The molecule has 0 aromatic carbocycles. The number of rotatable bonds is 6. The van der Waals surface area contributed by atoms with Gasteiger partial charge in [0.05, 0.1) is 11.9 Å². The summed E-state index contributed by atoms with van der Waals surface area (Å²) in [4.78, 5) is 31.7. The second kappa shape index (κ2) is 5.36. The first-order valence-electron chi connectivity index (χ1n) is 4.28. The molecular formula is C9H12O5-2. The Morgan fingerprint density at radius 2 is 1.64 bits per heavy atom. The molecule has 0 rings (SSSR count). The Labute approximate surface area is 81.7 Å². The first kappa shape index (κ1) is 12.6. The molecule has 80 valence electrons. The third-order valence-electron chi connectivity index (χ3n) is 1.70. The molecule has 0 spiro atoms. The van der Waals surface area contributed by atoms with Gasteiger partial charge in [0, 0.05) is 12.4 Å². The average molecular weight is 200 g/mol. The van der Waals surface area contributed by atoms with Gasteiger partial charge in [-0.2, -0.15) is 0 Å². The van der Waals surface area contributed by atoms with Crippen molar-refractivity contribution >= 4 is 17.7 Å². The molecule has 1 atom stereocenters. The lowest BCUT2D eigenvalue weighted by Gasteiger charge is -2.18. The third kappa shape index (κ3) is 4.59. The zero-order valence-corrected chi connectivity index (χ0v) is 8.11. The molecule has 0 bridgehead atoms. The van der Waals surface area contributed by atoms with E-state index in [1.54, 1.807) is 13.8 Å². The maximum absolute atomic E-state index is 11.1. The van der Waals surface area contributed by atoms with Crippen LogP contribution in [0.3, 0.4) is 0 Å². The van der Waals surface area contributed by atoms with Crippen molar-refractivity contribution in [2.75, 3.05) is 0 Å². The number of hydrogen-bond acceptors (Lipinski definition) is 5. The number of aliphatic carboxylic acids is 2. The van der Waals surface area contributed by atoms with Crippen LogP contribution in [0.15, 0.2) is 0 Å². The van der Waals surface area contributed by atoms with Crippen LogP contribution in [0.1, 0.15) is 26.7 Å². The van der Waals surface area contributed by atoms with Crippen LogP contribution >= 0.6 is 0 Å².